The lowest BCUT2D eigenvalue weighted by Crippen LogP contribution is -2.55. The Balaban J connectivity index is -0.000000128. The van der Waals surface area contributed by atoms with Gasteiger partial charge in [-0.25, -0.2) is 0 Å². The van der Waals surface area contributed by atoms with Crippen molar-refractivity contribution in [1.29, 1.82) is 0 Å². The van der Waals surface area contributed by atoms with Crippen molar-refractivity contribution in [2.24, 2.45) is 0 Å². The summed E-state index contributed by atoms with van der Waals surface area (Å²) in [5.41, 5.74) is 0. The van der Waals surface area contributed by atoms with Crippen LogP contribution in [0.25, 0.3) is 0 Å². The van der Waals surface area contributed by atoms with Gasteiger partial charge in [-0.05, 0) is 289 Å². The van der Waals surface area contributed by atoms with Gasteiger partial charge in [0.1, 0.15) is 0 Å². The molecule has 0 aromatic carbocycles. The summed E-state index contributed by atoms with van der Waals surface area (Å²) in [4.78, 5) is 12.4. The predicted molar refractivity (Wildman–Crippen MR) is 368 cm³/mol. The van der Waals surface area contributed by atoms with Crippen LogP contribution in [0.5, 0.6) is 0 Å². The number of amides is 1. The first-order chi connectivity index (χ1) is 32.3. The van der Waals surface area contributed by atoms with Crippen LogP contribution in [0.3, 0.4) is 0 Å². The molecule has 71 heavy (non-hydrogen) atoms. The largest absolute Gasteiger partial charge is 0.458 e. The molecule has 0 aliphatic carbocycles. The summed E-state index contributed by atoms with van der Waals surface area (Å²) in [7, 11) is -18.7. The Morgan fingerprint density at radius 1 is 0.423 bits per heavy atom. The minimum Gasteiger partial charge on any atom is -0.458 e. The van der Waals surface area contributed by atoms with Crippen molar-refractivity contribution in [3.05, 3.63) is 0 Å². The molecule has 0 saturated heterocycles. The van der Waals surface area contributed by atoms with Gasteiger partial charge in [-0.1, -0.05) is 19.3 Å². The summed E-state index contributed by atoms with van der Waals surface area (Å²) in [6.07, 6.45) is 1.84. The minimum absolute atomic E-state index is 0. The Hall–Kier alpha value is -1.90. The first kappa shape index (κ1) is 71.2. The first-order valence-electron chi connectivity index (χ1n) is 25.7. The summed E-state index contributed by atoms with van der Waals surface area (Å²) in [6.45, 7) is 55.8. The fourth-order valence-corrected chi connectivity index (χ4v) is 60.9. The van der Waals surface area contributed by atoms with Crippen LogP contribution in [0.15, 0.2) is 0 Å². The van der Waals surface area contributed by atoms with Crippen LogP contribution >= 0.6 is 0 Å². The summed E-state index contributed by atoms with van der Waals surface area (Å²) >= 11 is 0. The van der Waals surface area contributed by atoms with Crippen LogP contribution < -0.4 is 5.32 Å². The Morgan fingerprint density at radius 3 is 1.04 bits per heavy atom. The maximum atomic E-state index is 12.4. The third-order valence-corrected chi connectivity index (χ3v) is 49.3. The number of nitrogens with one attached hydrogen (secondary N) is 1. The monoisotopic (exact) mass is 1190 g/mol. The maximum absolute atomic E-state index is 12.4. The molecule has 1 amide bonds. The molecule has 0 aromatic heterocycles. The molecule has 0 radical (unpaired) electrons. The molecule has 8 nitrogen and oxygen atoms in total. The maximum Gasteiger partial charge on any atom is 0.314 e. The molecule has 426 valence electrons. The van der Waals surface area contributed by atoms with Crippen molar-refractivity contribution in [1.82, 2.24) is 5.32 Å². The van der Waals surface area contributed by atoms with Crippen molar-refractivity contribution in [3.63, 3.8) is 0 Å². The third-order valence-electron chi connectivity index (χ3n) is 10.3. The minimum atomic E-state index is -2.58. The van der Waals surface area contributed by atoms with Crippen molar-refractivity contribution in [2.45, 2.75) is 219 Å². The van der Waals surface area contributed by atoms with Crippen molar-refractivity contribution >= 4 is 99.1 Å². The number of carbonyl (C=O) groups excluding carboxylic acids is 1. The van der Waals surface area contributed by atoms with Crippen molar-refractivity contribution in [2.75, 3.05) is 6.54 Å². The number of rotatable bonds is 27. The van der Waals surface area contributed by atoms with Gasteiger partial charge in [0.05, 0.1) is 0 Å². The predicted octanol–water partition coefficient (Wildman–Crippen LogP) is 16.0. The third kappa shape index (κ3) is 44.1. The quantitative estimate of drug-likeness (QED) is 0.0498. The highest BCUT2D eigenvalue weighted by molar-refractivity contribution is 6.91. The normalized spacial score (nSPS) is 12.7. The van der Waals surface area contributed by atoms with E-state index in [0.29, 0.717) is 6.54 Å². The lowest BCUT2D eigenvalue weighted by atomic mass is 10.4. The van der Waals surface area contributed by atoms with Gasteiger partial charge in [0.15, 0.2) is 84.6 Å². The van der Waals surface area contributed by atoms with Gasteiger partial charge in [0.25, 0.3) is 5.91 Å². The summed E-state index contributed by atoms with van der Waals surface area (Å²) in [6, 6.07) is 8.70. The van der Waals surface area contributed by atoms with Crippen LogP contribution in [0.2, 0.25) is 192 Å². The zero-order valence-corrected chi connectivity index (χ0v) is 60.6. The Bertz CT molecular complexity index is 2250. The van der Waals surface area contributed by atoms with Crippen LogP contribution in [0, 0.1) is 94.7 Å². The molecular weight excluding hydrogens is 1060 g/mol. The van der Waals surface area contributed by atoms with E-state index in [1.54, 1.807) is 6.92 Å². The van der Waals surface area contributed by atoms with Crippen LogP contribution in [-0.4, -0.2) is 106 Å². The summed E-state index contributed by atoms with van der Waals surface area (Å²) < 4.78 is 40.9. The van der Waals surface area contributed by atoms with E-state index in [4.69, 9.17) is 24.7 Å². The molecule has 0 rings (SSSR count). The molecule has 0 spiro atoms. The smallest absolute Gasteiger partial charge is 0.314 e. The number of hydrogen-bond acceptors (Lipinski definition) is 7. The Labute approximate surface area is 473 Å². The molecule has 0 aromatic rings. The van der Waals surface area contributed by atoms with E-state index in [1.807, 2.05) is 0 Å². The second-order valence-electron chi connectivity index (χ2n) is 24.0. The highest BCUT2D eigenvalue weighted by atomic mass is 28.5. The topological polar surface area (TPSA) is 84.5 Å². The van der Waals surface area contributed by atoms with Gasteiger partial charge in [-0.2, -0.15) is 0 Å². The zero-order valence-electron chi connectivity index (χ0n) is 49.3. The van der Waals surface area contributed by atoms with Crippen molar-refractivity contribution < 1.29 is 50.9 Å². The van der Waals surface area contributed by atoms with Gasteiger partial charge in [-0.15, -0.1) is 0 Å². The van der Waals surface area contributed by atoms with E-state index in [9.17, 15) is 4.79 Å². The molecule has 0 heterocycles. The number of hydrogen-bond donors (Lipinski definition) is 1. The zero-order chi connectivity index (χ0) is 55.3. The first-order valence-corrected chi connectivity index (χ1v) is 59.0. The average molecular weight is 1190 g/mol. The molecule has 1 atom stereocenters. The second-order valence-corrected chi connectivity index (χ2v) is 68.5. The molecule has 0 fully saturated rings. The summed E-state index contributed by atoms with van der Waals surface area (Å²) in [5, 5.41) is 2.91. The number of carbonyl (C=O) groups is 1. The molecular formula is C52H127NO7Si11. The molecule has 0 saturated carbocycles. The fraction of sp³-hybridized carbons (Fsp3) is 0.673. The van der Waals surface area contributed by atoms with Gasteiger partial charge >= 0.3 is 8.56 Å². The van der Waals surface area contributed by atoms with E-state index < -0.39 is 93.2 Å². The summed E-state index contributed by atoms with van der Waals surface area (Å²) in [5.74, 6) is 40.7. The van der Waals surface area contributed by atoms with Crippen LogP contribution in [0.1, 0.15) is 48.1 Å². The average Bonchev–Trinajstić information content (AvgIpc) is 3.17. The Kier molecular flexibility index (Phi) is 34.0. The molecule has 0 aliphatic rings. The van der Waals surface area contributed by atoms with Crippen LogP contribution in [-0.2, 0) is 29.5 Å². The van der Waals surface area contributed by atoms with Gasteiger partial charge in [0, 0.05) is 33.9 Å². The highest BCUT2D eigenvalue weighted by Crippen LogP contribution is 2.34. The van der Waals surface area contributed by atoms with E-state index in [1.165, 1.54) is 12.1 Å². The van der Waals surface area contributed by atoms with E-state index in [2.05, 4.69) is 251 Å². The van der Waals surface area contributed by atoms with Crippen molar-refractivity contribution in [3.8, 4) is 94.7 Å². The molecule has 0 aliphatic heterocycles. The second kappa shape index (κ2) is 33.9. The SMILES string of the molecule is CC#CC#CC#CC#CC#CC#CC#CC#CC(=O)NCCC[Si](C)(O[Si](C)(C)CCC)O[Si](C)(C)CC[Si](C)(C)O[Si](C)(C)CC[Si](C)(C)O[Si](C)(C)CC[Si](C)(C)O[SiH](C)C.C[SiH](C)O[Si](C)(C)C.[HH].[HH].[HH].[HH].[HH].[HH].[HH].[HH].[HH].[HH].[HH].[HH].[HH].[HH].[HH]. The lowest BCUT2D eigenvalue weighted by molar-refractivity contribution is -0.115. The molecule has 1 unspecified atom stereocenters. The highest BCUT2D eigenvalue weighted by Gasteiger charge is 2.44. The van der Waals surface area contributed by atoms with Gasteiger partial charge in [0.2, 0.25) is 0 Å². The van der Waals surface area contributed by atoms with E-state index in [-0.39, 0.29) is 27.3 Å². The van der Waals surface area contributed by atoms with Gasteiger partial charge in [-0.3, -0.25) is 4.79 Å². The fourth-order valence-electron chi connectivity index (χ4n) is 8.09. The molecule has 1 N–H and O–H groups in total. The standard InChI is InChI=1S/C47H81NO6Si9.C5H16OSi2.15H2/c1-20-22-23-24-25-26-27-28-29-30-31-32-33-34-35-37-47(49)48-38-36-40-63(19,53-57(7,8)39-21-2)54-62(17,18)46-45-61(15,16)52-60(13,14)44-43-59(11,12)51-58(9,10)42-41-56(5,6)50-55(3)4;1-7(2)6-8(3,4)5;;;;;;;;;;;;;;;/h55H,21,36,38-46H2,1-19H3,(H,48,49);7H,1-5H3;15*1H. The Morgan fingerprint density at radius 2 is 0.732 bits per heavy atom. The van der Waals surface area contributed by atoms with E-state index in [0.717, 1.165) is 49.1 Å². The van der Waals surface area contributed by atoms with Gasteiger partial charge < -0.3 is 30.0 Å². The molecule has 19 heteroatoms. The van der Waals surface area contributed by atoms with Crippen LogP contribution in [0.4, 0.5) is 0 Å². The molecule has 0 bridgehead atoms. The lowest BCUT2D eigenvalue weighted by Gasteiger charge is -2.42. The van der Waals surface area contributed by atoms with E-state index >= 15 is 0 Å².